The van der Waals surface area contributed by atoms with Gasteiger partial charge in [0.25, 0.3) is 0 Å². The minimum absolute atomic E-state index is 0.494. The predicted octanol–water partition coefficient (Wildman–Crippen LogP) is 2.18. The molecule has 0 aliphatic carbocycles. The summed E-state index contributed by atoms with van der Waals surface area (Å²) in [5.41, 5.74) is 0.913. The number of benzene rings is 1. The maximum atomic E-state index is 10.1. The fourth-order valence-electron chi connectivity index (χ4n) is 1.69. The average molecular weight is 343 g/mol. The quantitative estimate of drug-likeness (QED) is 0.866. The smallest absolute Gasteiger partial charge is 0.138 e. The van der Waals surface area contributed by atoms with Crippen LogP contribution in [-0.2, 0) is 13.0 Å². The summed E-state index contributed by atoms with van der Waals surface area (Å²) in [7, 11) is 0. The Kier molecular flexibility index (Phi) is 4.11. The predicted molar refractivity (Wildman–Crippen MR) is 73.5 cm³/mol. The van der Waals surface area contributed by atoms with Crippen molar-refractivity contribution in [3.8, 4) is 0 Å². The SMILES string of the molecule is CCn1ncnc1CC(O)c1ccc(I)cc1. The van der Waals surface area contributed by atoms with Gasteiger partial charge in [-0.3, -0.25) is 4.68 Å². The lowest BCUT2D eigenvalue weighted by Gasteiger charge is -2.11. The summed E-state index contributed by atoms with van der Waals surface area (Å²) in [5.74, 6) is 0.818. The van der Waals surface area contributed by atoms with E-state index in [9.17, 15) is 5.11 Å². The molecule has 0 aliphatic heterocycles. The maximum absolute atomic E-state index is 10.1. The van der Waals surface area contributed by atoms with E-state index in [1.807, 2.05) is 31.2 Å². The highest BCUT2D eigenvalue weighted by Gasteiger charge is 2.12. The average Bonchev–Trinajstić information content (AvgIpc) is 2.77. The zero-order valence-corrected chi connectivity index (χ0v) is 11.7. The van der Waals surface area contributed by atoms with E-state index in [1.54, 1.807) is 4.68 Å². The van der Waals surface area contributed by atoms with Gasteiger partial charge in [0, 0.05) is 16.5 Å². The second-order valence-corrected chi connectivity index (χ2v) is 5.01. The molecular formula is C12H14IN3O. The molecule has 1 heterocycles. The molecule has 1 atom stereocenters. The van der Waals surface area contributed by atoms with E-state index in [4.69, 9.17) is 0 Å². The van der Waals surface area contributed by atoms with Gasteiger partial charge in [0.2, 0.25) is 0 Å². The molecular weight excluding hydrogens is 329 g/mol. The molecule has 0 amide bonds. The molecule has 1 aromatic heterocycles. The summed E-state index contributed by atoms with van der Waals surface area (Å²) in [4.78, 5) is 4.16. The Morgan fingerprint density at radius 2 is 2.06 bits per heavy atom. The Bertz CT molecular complexity index is 481. The van der Waals surface area contributed by atoms with Gasteiger partial charge in [-0.2, -0.15) is 5.10 Å². The van der Waals surface area contributed by atoms with E-state index in [2.05, 4.69) is 32.7 Å². The van der Waals surface area contributed by atoms with Gasteiger partial charge in [-0.15, -0.1) is 0 Å². The molecule has 0 fully saturated rings. The summed E-state index contributed by atoms with van der Waals surface area (Å²) in [6, 6.07) is 7.87. The summed E-state index contributed by atoms with van der Waals surface area (Å²) in [6.07, 6.45) is 1.50. The van der Waals surface area contributed by atoms with Crippen molar-refractivity contribution in [1.82, 2.24) is 14.8 Å². The number of rotatable bonds is 4. The van der Waals surface area contributed by atoms with Crippen LogP contribution in [0.25, 0.3) is 0 Å². The molecule has 90 valence electrons. The number of aliphatic hydroxyl groups excluding tert-OH is 1. The number of hydrogen-bond donors (Lipinski definition) is 1. The van der Waals surface area contributed by atoms with Crippen molar-refractivity contribution in [3.05, 3.63) is 45.6 Å². The van der Waals surface area contributed by atoms with Crippen LogP contribution in [0, 0.1) is 3.57 Å². The van der Waals surface area contributed by atoms with Crippen LogP contribution in [0.2, 0.25) is 0 Å². The van der Waals surface area contributed by atoms with Crippen molar-refractivity contribution in [1.29, 1.82) is 0 Å². The van der Waals surface area contributed by atoms with Gasteiger partial charge >= 0.3 is 0 Å². The first-order chi connectivity index (χ1) is 8.20. The lowest BCUT2D eigenvalue weighted by molar-refractivity contribution is 0.174. The third-order valence-corrected chi connectivity index (χ3v) is 3.35. The molecule has 1 N–H and O–H groups in total. The highest BCUT2D eigenvalue weighted by Crippen LogP contribution is 2.18. The first kappa shape index (κ1) is 12.5. The Morgan fingerprint density at radius 1 is 1.35 bits per heavy atom. The minimum atomic E-state index is -0.526. The highest BCUT2D eigenvalue weighted by atomic mass is 127. The largest absolute Gasteiger partial charge is 0.388 e. The number of hydrogen-bond acceptors (Lipinski definition) is 3. The van der Waals surface area contributed by atoms with Crippen LogP contribution in [0.4, 0.5) is 0 Å². The zero-order valence-electron chi connectivity index (χ0n) is 9.55. The number of aromatic nitrogens is 3. The van der Waals surface area contributed by atoms with Crippen LogP contribution in [0.5, 0.6) is 0 Å². The van der Waals surface area contributed by atoms with Crippen molar-refractivity contribution in [2.45, 2.75) is 26.0 Å². The Balaban J connectivity index is 2.11. The molecule has 0 bridgehead atoms. The molecule has 2 aromatic rings. The van der Waals surface area contributed by atoms with Gasteiger partial charge in [0.15, 0.2) is 0 Å². The molecule has 17 heavy (non-hydrogen) atoms. The van der Waals surface area contributed by atoms with Crippen LogP contribution in [-0.4, -0.2) is 19.9 Å². The Hall–Kier alpha value is -0.950. The third kappa shape index (κ3) is 3.04. The zero-order chi connectivity index (χ0) is 12.3. The standard InChI is InChI=1S/C12H14IN3O/c1-2-16-12(14-8-15-16)7-11(17)9-3-5-10(13)6-4-9/h3-6,8,11,17H,2,7H2,1H3. The molecule has 0 radical (unpaired) electrons. The van der Waals surface area contributed by atoms with Gasteiger partial charge in [-0.25, -0.2) is 4.98 Å². The van der Waals surface area contributed by atoms with E-state index in [0.29, 0.717) is 6.42 Å². The minimum Gasteiger partial charge on any atom is -0.388 e. The van der Waals surface area contributed by atoms with Crippen molar-refractivity contribution in [2.75, 3.05) is 0 Å². The summed E-state index contributed by atoms with van der Waals surface area (Å²) < 4.78 is 2.96. The first-order valence-electron chi connectivity index (χ1n) is 5.51. The lowest BCUT2D eigenvalue weighted by atomic mass is 10.1. The topological polar surface area (TPSA) is 50.9 Å². The lowest BCUT2D eigenvalue weighted by Crippen LogP contribution is -2.09. The summed E-state index contributed by atoms with van der Waals surface area (Å²) >= 11 is 2.25. The molecule has 0 spiro atoms. The fraction of sp³-hybridized carbons (Fsp3) is 0.333. The number of nitrogens with zero attached hydrogens (tertiary/aromatic N) is 3. The first-order valence-corrected chi connectivity index (χ1v) is 6.58. The molecule has 4 nitrogen and oxygen atoms in total. The van der Waals surface area contributed by atoms with Crippen molar-refractivity contribution < 1.29 is 5.11 Å². The maximum Gasteiger partial charge on any atom is 0.138 e. The summed E-state index contributed by atoms with van der Waals surface area (Å²) in [6.45, 7) is 2.78. The van der Waals surface area contributed by atoms with Crippen molar-refractivity contribution >= 4 is 22.6 Å². The van der Waals surface area contributed by atoms with E-state index >= 15 is 0 Å². The van der Waals surface area contributed by atoms with Gasteiger partial charge in [0.1, 0.15) is 12.2 Å². The van der Waals surface area contributed by atoms with Crippen LogP contribution in [0.3, 0.4) is 0 Å². The number of aliphatic hydroxyl groups is 1. The van der Waals surface area contributed by atoms with Crippen LogP contribution in [0.1, 0.15) is 24.4 Å². The molecule has 5 heteroatoms. The van der Waals surface area contributed by atoms with Crippen molar-refractivity contribution in [3.63, 3.8) is 0 Å². The van der Waals surface area contributed by atoms with Crippen LogP contribution < -0.4 is 0 Å². The van der Waals surface area contributed by atoms with Gasteiger partial charge in [0.05, 0.1) is 6.10 Å². The molecule has 1 unspecified atom stereocenters. The normalized spacial score (nSPS) is 12.6. The van der Waals surface area contributed by atoms with Gasteiger partial charge in [-0.05, 0) is 47.2 Å². The molecule has 0 aliphatic rings. The highest BCUT2D eigenvalue weighted by molar-refractivity contribution is 14.1. The monoisotopic (exact) mass is 343 g/mol. The van der Waals surface area contributed by atoms with E-state index in [1.165, 1.54) is 6.33 Å². The second kappa shape index (κ2) is 5.59. The molecule has 0 saturated carbocycles. The number of halogens is 1. The van der Waals surface area contributed by atoms with E-state index in [0.717, 1.165) is 21.5 Å². The van der Waals surface area contributed by atoms with Crippen LogP contribution >= 0.6 is 22.6 Å². The van der Waals surface area contributed by atoms with E-state index < -0.39 is 6.10 Å². The molecule has 0 saturated heterocycles. The van der Waals surface area contributed by atoms with Crippen LogP contribution in [0.15, 0.2) is 30.6 Å². The van der Waals surface area contributed by atoms with E-state index in [-0.39, 0.29) is 0 Å². The van der Waals surface area contributed by atoms with Gasteiger partial charge < -0.3 is 5.11 Å². The fourth-order valence-corrected chi connectivity index (χ4v) is 2.05. The number of aryl methyl sites for hydroxylation is 1. The molecule has 2 rings (SSSR count). The molecule has 1 aromatic carbocycles. The third-order valence-electron chi connectivity index (χ3n) is 2.63. The Labute approximate surface area is 114 Å². The Morgan fingerprint density at radius 3 is 2.71 bits per heavy atom. The second-order valence-electron chi connectivity index (χ2n) is 3.76. The van der Waals surface area contributed by atoms with Crippen molar-refractivity contribution in [2.24, 2.45) is 0 Å². The summed E-state index contributed by atoms with van der Waals surface area (Å²) in [5, 5.41) is 14.2. The van der Waals surface area contributed by atoms with Gasteiger partial charge in [-0.1, -0.05) is 12.1 Å².